The summed E-state index contributed by atoms with van der Waals surface area (Å²) in [5.74, 6) is 0. The highest BCUT2D eigenvalue weighted by Gasteiger charge is 2.48. The van der Waals surface area contributed by atoms with E-state index in [4.69, 9.17) is 23.7 Å². The van der Waals surface area contributed by atoms with Gasteiger partial charge in [0.1, 0.15) is 24.4 Å². The number of fused-ring (bicyclic) bond motifs is 3. The van der Waals surface area contributed by atoms with Gasteiger partial charge in [-0.05, 0) is 24.0 Å². The van der Waals surface area contributed by atoms with Gasteiger partial charge in [0.25, 0.3) is 0 Å². The van der Waals surface area contributed by atoms with Crippen LogP contribution in [-0.4, -0.2) is 55.6 Å². The van der Waals surface area contributed by atoms with Gasteiger partial charge in [-0.1, -0.05) is 51.0 Å². The zero-order valence-corrected chi connectivity index (χ0v) is 17.0. The maximum atomic E-state index is 10.6. The molecule has 1 aromatic rings. The molecule has 2 heterocycles. The van der Waals surface area contributed by atoms with Gasteiger partial charge in [-0.2, -0.15) is 0 Å². The van der Waals surface area contributed by atoms with Crippen LogP contribution >= 0.6 is 0 Å². The highest BCUT2D eigenvalue weighted by Crippen LogP contribution is 2.30. The number of hydrogen-bond acceptors (Lipinski definition) is 6. The van der Waals surface area contributed by atoms with Gasteiger partial charge in [0.05, 0.1) is 19.8 Å². The fraction of sp³-hybridized carbons (Fsp3) is 0.727. The Hall–Kier alpha value is -1.02. The molecule has 0 amide bonds. The van der Waals surface area contributed by atoms with Gasteiger partial charge in [-0.15, -0.1) is 0 Å². The van der Waals surface area contributed by atoms with Gasteiger partial charge in [0.15, 0.2) is 6.29 Å². The molecule has 28 heavy (non-hydrogen) atoms. The Balaban J connectivity index is 1.81. The van der Waals surface area contributed by atoms with Crippen molar-refractivity contribution in [3.8, 4) is 0 Å². The van der Waals surface area contributed by atoms with Gasteiger partial charge in [0, 0.05) is 13.2 Å². The molecule has 1 N–H and O–H groups in total. The van der Waals surface area contributed by atoms with Crippen molar-refractivity contribution in [2.75, 3.05) is 19.8 Å². The van der Waals surface area contributed by atoms with Gasteiger partial charge in [-0.25, -0.2) is 0 Å². The molecule has 0 spiro atoms. The number of hydrogen-bond donors (Lipinski definition) is 1. The molecule has 1 aromatic carbocycles. The molecule has 0 radical (unpaired) electrons. The maximum absolute atomic E-state index is 10.6. The summed E-state index contributed by atoms with van der Waals surface area (Å²) in [6, 6.07) is 8.10. The van der Waals surface area contributed by atoms with Gasteiger partial charge in [0.2, 0.25) is 0 Å². The molecule has 2 aliphatic heterocycles. The van der Waals surface area contributed by atoms with Gasteiger partial charge in [-0.3, -0.25) is 0 Å². The SMILES string of the molecule is CCCCO[C@@H]1C(O)OC2COCc3ccccc3COC1[C@H]2OCCCC. The second-order valence-electron chi connectivity index (χ2n) is 7.50. The van der Waals surface area contributed by atoms with E-state index in [0.717, 1.165) is 36.8 Å². The quantitative estimate of drug-likeness (QED) is 0.683. The molecule has 2 aliphatic rings. The number of aliphatic hydroxyl groups is 1. The summed E-state index contributed by atoms with van der Waals surface area (Å²) in [5.41, 5.74) is 2.19. The van der Waals surface area contributed by atoms with E-state index in [9.17, 15) is 5.11 Å². The molecule has 6 nitrogen and oxygen atoms in total. The first-order valence-electron chi connectivity index (χ1n) is 10.6. The van der Waals surface area contributed by atoms with Crippen LogP contribution in [0.5, 0.6) is 0 Å². The molecule has 0 saturated carbocycles. The van der Waals surface area contributed by atoms with Crippen molar-refractivity contribution in [2.45, 2.75) is 83.5 Å². The number of aliphatic hydroxyl groups excluding tert-OH is 1. The largest absolute Gasteiger partial charge is 0.374 e. The molecular weight excluding hydrogens is 360 g/mol. The van der Waals surface area contributed by atoms with Gasteiger partial charge >= 0.3 is 0 Å². The van der Waals surface area contributed by atoms with Crippen molar-refractivity contribution >= 4 is 0 Å². The Morgan fingerprint density at radius 2 is 1.61 bits per heavy atom. The molecule has 158 valence electrons. The van der Waals surface area contributed by atoms with Crippen molar-refractivity contribution in [1.29, 1.82) is 0 Å². The minimum atomic E-state index is -1.06. The van der Waals surface area contributed by atoms with E-state index in [1.807, 2.05) is 18.2 Å². The van der Waals surface area contributed by atoms with Crippen LogP contribution < -0.4 is 0 Å². The van der Waals surface area contributed by atoms with E-state index in [1.54, 1.807) is 0 Å². The smallest absolute Gasteiger partial charge is 0.184 e. The lowest BCUT2D eigenvalue weighted by Crippen LogP contribution is -2.61. The first-order valence-corrected chi connectivity index (χ1v) is 10.6. The van der Waals surface area contributed by atoms with Crippen LogP contribution in [0.25, 0.3) is 0 Å². The molecule has 3 unspecified atom stereocenters. The average molecular weight is 395 g/mol. The number of ether oxygens (including phenoxy) is 5. The number of benzene rings is 1. The van der Waals surface area contributed by atoms with Crippen molar-refractivity contribution in [3.63, 3.8) is 0 Å². The minimum absolute atomic E-state index is 0.337. The van der Waals surface area contributed by atoms with Gasteiger partial charge < -0.3 is 28.8 Å². The number of rotatable bonds is 8. The highest BCUT2D eigenvalue weighted by molar-refractivity contribution is 5.26. The zero-order valence-electron chi connectivity index (χ0n) is 17.0. The lowest BCUT2D eigenvalue weighted by Gasteiger charge is -2.44. The predicted octanol–water partition coefficient (Wildman–Crippen LogP) is 3.19. The summed E-state index contributed by atoms with van der Waals surface area (Å²) in [7, 11) is 0. The Bertz CT molecular complexity index is 580. The van der Waals surface area contributed by atoms with Crippen LogP contribution in [0.1, 0.15) is 50.7 Å². The van der Waals surface area contributed by atoms with Crippen molar-refractivity contribution in [3.05, 3.63) is 35.4 Å². The molecule has 1 saturated heterocycles. The van der Waals surface area contributed by atoms with Crippen LogP contribution in [0.3, 0.4) is 0 Å². The topological polar surface area (TPSA) is 66.4 Å². The predicted molar refractivity (Wildman–Crippen MR) is 105 cm³/mol. The van der Waals surface area contributed by atoms with E-state index in [1.165, 1.54) is 0 Å². The normalized spacial score (nSPS) is 30.6. The molecule has 1 fully saturated rings. The van der Waals surface area contributed by atoms with E-state index < -0.39 is 24.6 Å². The second kappa shape index (κ2) is 11.2. The maximum Gasteiger partial charge on any atom is 0.184 e. The Morgan fingerprint density at radius 1 is 0.964 bits per heavy atom. The van der Waals surface area contributed by atoms with Crippen molar-refractivity contribution < 1.29 is 28.8 Å². The molecule has 0 aromatic heterocycles. The van der Waals surface area contributed by atoms with Crippen LogP contribution in [0.4, 0.5) is 0 Å². The number of unbranched alkanes of at least 4 members (excludes halogenated alkanes) is 2. The van der Waals surface area contributed by atoms with E-state index in [0.29, 0.717) is 33.0 Å². The average Bonchev–Trinajstić information content (AvgIpc) is 2.70. The summed E-state index contributed by atoms with van der Waals surface area (Å²) in [5, 5.41) is 10.6. The fourth-order valence-corrected chi connectivity index (χ4v) is 3.64. The first-order chi connectivity index (χ1) is 13.7. The molecule has 5 atom stereocenters. The lowest BCUT2D eigenvalue weighted by atomic mass is 9.97. The summed E-state index contributed by atoms with van der Waals surface area (Å²) in [6.07, 6.45) is 1.16. The van der Waals surface area contributed by atoms with Crippen molar-refractivity contribution in [1.82, 2.24) is 0 Å². The molecule has 2 bridgehead atoms. The highest BCUT2D eigenvalue weighted by atomic mass is 16.7. The lowest BCUT2D eigenvalue weighted by molar-refractivity contribution is -0.314. The molecule has 6 heteroatoms. The summed E-state index contributed by atoms with van der Waals surface area (Å²) >= 11 is 0. The minimum Gasteiger partial charge on any atom is -0.374 e. The van der Waals surface area contributed by atoms with E-state index in [2.05, 4.69) is 19.9 Å². The van der Waals surface area contributed by atoms with Crippen LogP contribution in [0.15, 0.2) is 24.3 Å². The third kappa shape index (κ3) is 5.53. The molecule has 3 rings (SSSR count). The Kier molecular flexibility index (Phi) is 8.70. The van der Waals surface area contributed by atoms with E-state index >= 15 is 0 Å². The first kappa shape index (κ1) is 21.7. The molecule has 0 aliphatic carbocycles. The Labute approximate surface area is 168 Å². The fourth-order valence-electron chi connectivity index (χ4n) is 3.64. The third-order valence-corrected chi connectivity index (χ3v) is 5.32. The monoisotopic (exact) mass is 394 g/mol. The second-order valence-corrected chi connectivity index (χ2v) is 7.50. The third-order valence-electron chi connectivity index (χ3n) is 5.32. The summed E-state index contributed by atoms with van der Waals surface area (Å²) in [4.78, 5) is 0. The van der Waals surface area contributed by atoms with Crippen LogP contribution in [-0.2, 0) is 36.9 Å². The Morgan fingerprint density at radius 3 is 2.29 bits per heavy atom. The summed E-state index contributed by atoms with van der Waals surface area (Å²) < 4.78 is 30.3. The van der Waals surface area contributed by atoms with E-state index in [-0.39, 0.29) is 6.10 Å². The van der Waals surface area contributed by atoms with Crippen molar-refractivity contribution in [2.24, 2.45) is 0 Å². The van der Waals surface area contributed by atoms with Crippen LogP contribution in [0, 0.1) is 0 Å². The van der Waals surface area contributed by atoms with Crippen LogP contribution in [0.2, 0.25) is 0 Å². The molecular formula is C22H34O6. The zero-order chi connectivity index (χ0) is 19.8. The summed E-state index contributed by atoms with van der Waals surface area (Å²) in [6.45, 7) is 6.66. The standard InChI is InChI=1S/C22H34O6/c1-3-5-11-25-19-18-15-24-13-16-9-7-8-10-17(16)14-27-20(19)21(22(23)28-18)26-12-6-4-2/h7-10,18-23H,3-6,11-15H2,1-2H3/t18?,19-,20?,21-,22?/m0/s1.